The molecule has 2 amide bonds. The third-order valence-electron chi connectivity index (χ3n) is 4.79. The third-order valence-corrected chi connectivity index (χ3v) is 4.79. The van der Waals surface area contributed by atoms with Crippen LogP contribution in [0.4, 0.5) is 10.5 Å². The minimum Gasteiger partial charge on any atom is -0.493 e. The fourth-order valence-electron chi connectivity index (χ4n) is 3.26. The number of carbonyl (C=O) groups excluding carboxylic acids is 1. The first-order chi connectivity index (χ1) is 15.5. The van der Waals surface area contributed by atoms with Crippen LogP contribution in [0.1, 0.15) is 5.69 Å². The van der Waals surface area contributed by atoms with E-state index in [0.717, 1.165) is 0 Å². The molecule has 0 atom stereocenters. The van der Waals surface area contributed by atoms with Crippen LogP contribution in [0, 0.1) is 0 Å². The van der Waals surface area contributed by atoms with E-state index in [2.05, 4.69) is 15.7 Å². The summed E-state index contributed by atoms with van der Waals surface area (Å²) in [5.74, 6) is 1.26. The summed E-state index contributed by atoms with van der Waals surface area (Å²) in [7, 11) is 6.05. The van der Waals surface area contributed by atoms with Crippen LogP contribution in [0.3, 0.4) is 0 Å². The van der Waals surface area contributed by atoms with Crippen molar-refractivity contribution in [2.75, 3.05) is 40.4 Å². The number of benzene rings is 2. The average molecular weight is 442 g/mol. The van der Waals surface area contributed by atoms with Crippen LogP contribution in [-0.2, 0) is 17.8 Å². The monoisotopic (exact) mass is 442 g/mol. The van der Waals surface area contributed by atoms with E-state index >= 15 is 0 Å². The lowest BCUT2D eigenvalue weighted by Gasteiger charge is -2.15. The number of nitrogens with zero attached hydrogens (tertiary/aromatic N) is 2. The Labute approximate surface area is 185 Å². The largest absolute Gasteiger partial charge is 0.493 e. The maximum Gasteiger partial charge on any atom is 0.319 e. The molecule has 0 radical (unpaired) electrons. The summed E-state index contributed by atoms with van der Waals surface area (Å²) in [6.07, 6.45) is 0. The maximum atomic E-state index is 12.7. The van der Waals surface area contributed by atoms with Gasteiger partial charge in [0.2, 0.25) is 5.75 Å². The highest BCUT2D eigenvalue weighted by Crippen LogP contribution is 2.39. The van der Waals surface area contributed by atoms with Crippen molar-refractivity contribution < 1.29 is 23.7 Å². The molecule has 0 bridgehead atoms. The number of anilines is 1. The molecular weight excluding hydrogens is 416 g/mol. The van der Waals surface area contributed by atoms with Gasteiger partial charge in [-0.3, -0.25) is 4.79 Å². The second-order valence-corrected chi connectivity index (χ2v) is 6.74. The van der Waals surface area contributed by atoms with Gasteiger partial charge >= 0.3 is 6.03 Å². The van der Waals surface area contributed by atoms with Gasteiger partial charge in [0.05, 0.1) is 57.8 Å². The number of ether oxygens (including phenoxy) is 4. The predicted molar refractivity (Wildman–Crippen MR) is 120 cm³/mol. The molecule has 0 spiro atoms. The molecule has 3 rings (SSSR count). The number of hydrogen-bond acceptors (Lipinski definition) is 7. The first-order valence-corrected chi connectivity index (χ1v) is 9.84. The van der Waals surface area contributed by atoms with E-state index in [1.165, 1.54) is 26.0 Å². The molecule has 0 unspecified atom stereocenters. The van der Waals surface area contributed by atoms with Gasteiger partial charge in [-0.25, -0.2) is 9.48 Å². The first-order valence-electron chi connectivity index (χ1n) is 9.84. The highest BCUT2D eigenvalue weighted by Gasteiger charge is 2.15. The number of methoxy groups -OCH3 is 4. The molecule has 2 N–H and O–H groups in total. The molecule has 0 fully saturated rings. The Morgan fingerprint density at radius 2 is 1.66 bits per heavy atom. The zero-order valence-electron chi connectivity index (χ0n) is 18.4. The summed E-state index contributed by atoms with van der Waals surface area (Å²) >= 11 is 0. The molecule has 170 valence electrons. The summed E-state index contributed by atoms with van der Waals surface area (Å²) in [5, 5.41) is 11.1. The summed E-state index contributed by atoms with van der Waals surface area (Å²) in [6, 6.07) is 9.95. The van der Waals surface area contributed by atoms with E-state index in [4.69, 9.17) is 18.9 Å². The molecular formula is C22H26N4O6. The Balaban J connectivity index is 1.80. The van der Waals surface area contributed by atoms with Crippen molar-refractivity contribution in [2.24, 2.45) is 0 Å². The van der Waals surface area contributed by atoms with E-state index in [1.807, 2.05) is 6.07 Å². The molecule has 3 aromatic rings. The van der Waals surface area contributed by atoms with E-state index in [1.54, 1.807) is 37.4 Å². The highest BCUT2D eigenvalue weighted by molar-refractivity contribution is 5.90. The third kappa shape index (κ3) is 4.92. The van der Waals surface area contributed by atoms with Gasteiger partial charge in [0.15, 0.2) is 11.5 Å². The lowest BCUT2D eigenvalue weighted by molar-refractivity contribution is 0.181. The van der Waals surface area contributed by atoms with Crippen molar-refractivity contribution in [1.29, 1.82) is 0 Å². The zero-order chi connectivity index (χ0) is 23.1. The van der Waals surface area contributed by atoms with Gasteiger partial charge in [0.25, 0.3) is 5.56 Å². The molecule has 0 aliphatic carbocycles. The zero-order valence-corrected chi connectivity index (χ0v) is 18.4. The number of aromatic nitrogens is 2. The van der Waals surface area contributed by atoms with E-state index < -0.39 is 6.03 Å². The highest BCUT2D eigenvalue weighted by atomic mass is 16.5. The lowest BCUT2D eigenvalue weighted by Crippen LogP contribution is -2.31. The second-order valence-electron chi connectivity index (χ2n) is 6.74. The second kappa shape index (κ2) is 10.5. The fraction of sp³-hybridized carbons (Fsp3) is 0.318. The molecule has 1 aromatic heterocycles. The Morgan fingerprint density at radius 3 is 2.25 bits per heavy atom. The number of fused-ring (bicyclic) bond motifs is 1. The SMILES string of the molecule is COCCn1nc(CNC(=O)Nc2cc(OC)c(OC)c(OC)c2)c2ccccc2c1=O. The molecule has 0 aliphatic rings. The van der Waals surface area contributed by atoms with Crippen LogP contribution in [0.2, 0.25) is 0 Å². The van der Waals surface area contributed by atoms with Gasteiger partial charge in [-0.2, -0.15) is 5.10 Å². The molecule has 0 aliphatic heterocycles. The molecule has 32 heavy (non-hydrogen) atoms. The number of rotatable bonds is 9. The number of carbonyl (C=O) groups is 1. The Hall–Kier alpha value is -3.79. The topological polar surface area (TPSA) is 113 Å². The molecule has 0 saturated heterocycles. The maximum absolute atomic E-state index is 12.7. The van der Waals surface area contributed by atoms with Crippen LogP contribution in [0.5, 0.6) is 17.2 Å². The number of hydrogen-bond donors (Lipinski definition) is 2. The van der Waals surface area contributed by atoms with Crippen molar-refractivity contribution >= 4 is 22.5 Å². The van der Waals surface area contributed by atoms with Gasteiger partial charge in [-0.05, 0) is 6.07 Å². The Morgan fingerprint density at radius 1 is 1.00 bits per heavy atom. The van der Waals surface area contributed by atoms with Gasteiger partial charge < -0.3 is 29.6 Å². The molecule has 2 aromatic carbocycles. The van der Waals surface area contributed by atoms with Crippen LogP contribution in [-0.4, -0.2) is 50.9 Å². The summed E-state index contributed by atoms with van der Waals surface area (Å²) in [4.78, 5) is 25.2. The standard InChI is InChI=1S/C22H26N4O6/c1-29-10-9-26-21(27)16-8-6-5-7-15(16)17(25-26)13-23-22(28)24-14-11-18(30-2)20(32-4)19(12-14)31-3/h5-8,11-12H,9-10,13H2,1-4H3,(H2,23,24,28). The molecule has 0 saturated carbocycles. The normalized spacial score (nSPS) is 10.6. The summed E-state index contributed by atoms with van der Waals surface area (Å²) in [6.45, 7) is 0.772. The van der Waals surface area contributed by atoms with E-state index in [0.29, 0.717) is 52.6 Å². The average Bonchev–Trinajstić information content (AvgIpc) is 2.82. The lowest BCUT2D eigenvalue weighted by atomic mass is 10.1. The van der Waals surface area contributed by atoms with Crippen molar-refractivity contribution in [2.45, 2.75) is 13.1 Å². The molecule has 10 nitrogen and oxygen atoms in total. The molecule has 10 heteroatoms. The minimum atomic E-state index is -0.459. The smallest absolute Gasteiger partial charge is 0.319 e. The van der Waals surface area contributed by atoms with Gasteiger partial charge in [-0.1, -0.05) is 18.2 Å². The van der Waals surface area contributed by atoms with Crippen molar-refractivity contribution in [3.05, 3.63) is 52.4 Å². The summed E-state index contributed by atoms with van der Waals surface area (Å²) in [5.41, 5.74) is 0.819. The number of amides is 2. The minimum absolute atomic E-state index is 0.115. The van der Waals surface area contributed by atoms with Crippen molar-refractivity contribution in [3.8, 4) is 17.2 Å². The van der Waals surface area contributed by atoms with E-state index in [9.17, 15) is 9.59 Å². The molecule has 1 heterocycles. The van der Waals surface area contributed by atoms with Crippen LogP contribution in [0.25, 0.3) is 10.8 Å². The Kier molecular flexibility index (Phi) is 7.50. The van der Waals surface area contributed by atoms with Gasteiger partial charge in [0, 0.05) is 24.6 Å². The van der Waals surface area contributed by atoms with Gasteiger partial charge in [-0.15, -0.1) is 0 Å². The van der Waals surface area contributed by atoms with Crippen LogP contribution in [0.15, 0.2) is 41.2 Å². The van der Waals surface area contributed by atoms with E-state index in [-0.39, 0.29) is 12.1 Å². The first kappa shape index (κ1) is 22.9. The van der Waals surface area contributed by atoms with Gasteiger partial charge in [0.1, 0.15) is 0 Å². The summed E-state index contributed by atoms with van der Waals surface area (Å²) < 4.78 is 22.3. The van der Waals surface area contributed by atoms with Crippen molar-refractivity contribution in [3.63, 3.8) is 0 Å². The number of urea groups is 1. The Bertz CT molecular complexity index is 1140. The van der Waals surface area contributed by atoms with Crippen molar-refractivity contribution in [1.82, 2.24) is 15.1 Å². The van der Waals surface area contributed by atoms with Crippen LogP contribution < -0.4 is 30.4 Å². The quantitative estimate of drug-likeness (QED) is 0.523. The van der Waals surface area contributed by atoms with Crippen LogP contribution >= 0.6 is 0 Å². The number of nitrogens with one attached hydrogen (secondary N) is 2. The predicted octanol–water partition coefficient (Wildman–Crippen LogP) is 2.39. The fourth-order valence-corrected chi connectivity index (χ4v) is 3.26.